The molecule has 128 valence electrons. The van der Waals surface area contributed by atoms with Gasteiger partial charge in [-0.25, -0.2) is 4.98 Å². The molecule has 5 heteroatoms. The molecule has 0 saturated carbocycles. The lowest BCUT2D eigenvalue weighted by atomic mass is 10.1. The van der Waals surface area contributed by atoms with E-state index in [0.717, 1.165) is 27.8 Å². The van der Waals surface area contributed by atoms with E-state index in [1.165, 1.54) is 11.1 Å². The topological polar surface area (TPSA) is 49.8 Å². The van der Waals surface area contributed by atoms with Crippen LogP contribution in [0.2, 0.25) is 5.02 Å². The molecule has 0 unspecified atom stereocenters. The number of anilines is 3. The highest BCUT2D eigenvalue weighted by Crippen LogP contribution is 2.22. The van der Waals surface area contributed by atoms with Crippen LogP contribution >= 0.6 is 11.6 Å². The first-order valence-corrected chi connectivity index (χ1v) is 8.56. The second-order valence-electron chi connectivity index (χ2n) is 6.15. The van der Waals surface area contributed by atoms with Crippen LogP contribution in [0.1, 0.15) is 22.4 Å². The van der Waals surface area contributed by atoms with Gasteiger partial charge in [-0.3, -0.25) is 0 Å². The van der Waals surface area contributed by atoms with Crippen molar-refractivity contribution in [1.82, 2.24) is 9.97 Å². The fourth-order valence-electron chi connectivity index (χ4n) is 2.53. The third-order valence-corrected chi connectivity index (χ3v) is 4.25. The number of benzene rings is 2. The maximum atomic E-state index is 6.18. The van der Waals surface area contributed by atoms with Gasteiger partial charge in [0.05, 0.1) is 0 Å². The minimum absolute atomic E-state index is 0.548. The third kappa shape index (κ3) is 4.70. The zero-order chi connectivity index (χ0) is 17.8. The van der Waals surface area contributed by atoms with Crippen LogP contribution in [0.25, 0.3) is 0 Å². The molecule has 4 nitrogen and oxygen atoms in total. The summed E-state index contributed by atoms with van der Waals surface area (Å²) in [6, 6.07) is 16.2. The Morgan fingerprint density at radius 2 is 1.80 bits per heavy atom. The van der Waals surface area contributed by atoms with Crippen molar-refractivity contribution >= 4 is 29.1 Å². The van der Waals surface area contributed by atoms with Crippen molar-refractivity contribution in [2.24, 2.45) is 0 Å². The second kappa shape index (κ2) is 7.53. The molecule has 0 aliphatic rings. The molecule has 2 aromatic carbocycles. The van der Waals surface area contributed by atoms with Gasteiger partial charge in [0, 0.05) is 29.0 Å². The first-order chi connectivity index (χ1) is 12.0. The highest BCUT2D eigenvalue weighted by Gasteiger charge is 2.05. The van der Waals surface area contributed by atoms with Crippen LogP contribution in [0, 0.1) is 20.8 Å². The lowest BCUT2D eigenvalue weighted by Crippen LogP contribution is -2.05. The molecule has 0 saturated heterocycles. The van der Waals surface area contributed by atoms with Crippen LogP contribution in [0.3, 0.4) is 0 Å². The van der Waals surface area contributed by atoms with E-state index < -0.39 is 0 Å². The largest absolute Gasteiger partial charge is 0.366 e. The SMILES string of the molecule is Cc1cccc(CNc2cc(C)nc(Nc3ccc(C)c(Cl)c3)n2)c1. The van der Waals surface area contributed by atoms with Gasteiger partial charge in [-0.15, -0.1) is 0 Å². The Morgan fingerprint density at radius 3 is 2.56 bits per heavy atom. The number of rotatable bonds is 5. The second-order valence-corrected chi connectivity index (χ2v) is 6.56. The summed E-state index contributed by atoms with van der Waals surface area (Å²) in [5.74, 6) is 1.33. The van der Waals surface area contributed by atoms with Gasteiger partial charge in [0.1, 0.15) is 5.82 Å². The molecule has 1 aromatic heterocycles. The van der Waals surface area contributed by atoms with Crippen molar-refractivity contribution in [1.29, 1.82) is 0 Å². The Morgan fingerprint density at radius 1 is 0.960 bits per heavy atom. The fraction of sp³-hybridized carbons (Fsp3) is 0.200. The van der Waals surface area contributed by atoms with Crippen molar-refractivity contribution in [2.75, 3.05) is 10.6 Å². The predicted octanol–water partition coefficient (Wildman–Crippen LogP) is 5.41. The minimum atomic E-state index is 0.548. The van der Waals surface area contributed by atoms with E-state index in [1.54, 1.807) is 0 Å². The maximum absolute atomic E-state index is 6.18. The number of aromatic nitrogens is 2. The number of hydrogen-bond donors (Lipinski definition) is 2. The van der Waals surface area contributed by atoms with Gasteiger partial charge in [0.2, 0.25) is 5.95 Å². The summed E-state index contributed by atoms with van der Waals surface area (Å²) in [7, 11) is 0. The first-order valence-electron chi connectivity index (χ1n) is 8.18. The highest BCUT2D eigenvalue weighted by molar-refractivity contribution is 6.31. The molecule has 0 aliphatic carbocycles. The summed E-state index contributed by atoms with van der Waals surface area (Å²) in [6.45, 7) is 6.73. The molecule has 0 radical (unpaired) electrons. The van der Waals surface area contributed by atoms with Crippen molar-refractivity contribution in [3.05, 3.63) is 75.9 Å². The average molecular weight is 353 g/mol. The molecule has 0 aliphatic heterocycles. The molecule has 0 atom stereocenters. The van der Waals surface area contributed by atoms with E-state index >= 15 is 0 Å². The summed E-state index contributed by atoms with van der Waals surface area (Å²) in [6.07, 6.45) is 0. The Labute approximate surface area is 153 Å². The van der Waals surface area contributed by atoms with Gasteiger partial charge in [-0.05, 0) is 44.0 Å². The molecule has 3 rings (SSSR count). The first kappa shape index (κ1) is 17.2. The van der Waals surface area contributed by atoms with Gasteiger partial charge in [0.25, 0.3) is 0 Å². The van der Waals surface area contributed by atoms with Crippen molar-refractivity contribution in [3.8, 4) is 0 Å². The summed E-state index contributed by atoms with van der Waals surface area (Å²) in [4.78, 5) is 8.99. The molecule has 0 spiro atoms. The Kier molecular flexibility index (Phi) is 5.19. The maximum Gasteiger partial charge on any atom is 0.229 e. The monoisotopic (exact) mass is 352 g/mol. The zero-order valence-corrected chi connectivity index (χ0v) is 15.4. The Hall–Kier alpha value is -2.59. The molecule has 3 aromatic rings. The normalized spacial score (nSPS) is 10.6. The summed E-state index contributed by atoms with van der Waals surface area (Å²) in [5, 5.41) is 7.29. The van der Waals surface area contributed by atoms with Crippen LogP contribution in [0.4, 0.5) is 17.5 Å². The van der Waals surface area contributed by atoms with Gasteiger partial charge >= 0.3 is 0 Å². The van der Waals surface area contributed by atoms with Gasteiger partial charge < -0.3 is 10.6 Å². The molecular weight excluding hydrogens is 332 g/mol. The van der Waals surface area contributed by atoms with E-state index in [9.17, 15) is 0 Å². The predicted molar refractivity (Wildman–Crippen MR) is 105 cm³/mol. The van der Waals surface area contributed by atoms with Crippen LogP contribution < -0.4 is 10.6 Å². The smallest absolute Gasteiger partial charge is 0.229 e. The number of halogens is 1. The average Bonchev–Trinajstić information content (AvgIpc) is 2.56. The number of hydrogen-bond acceptors (Lipinski definition) is 4. The van der Waals surface area contributed by atoms with E-state index in [1.807, 2.05) is 38.1 Å². The lowest BCUT2D eigenvalue weighted by Gasteiger charge is -2.11. The minimum Gasteiger partial charge on any atom is -0.366 e. The van der Waals surface area contributed by atoms with Crippen molar-refractivity contribution in [2.45, 2.75) is 27.3 Å². The van der Waals surface area contributed by atoms with E-state index in [4.69, 9.17) is 11.6 Å². The molecule has 0 amide bonds. The number of aryl methyl sites for hydroxylation is 3. The molecule has 25 heavy (non-hydrogen) atoms. The van der Waals surface area contributed by atoms with E-state index in [0.29, 0.717) is 12.5 Å². The fourth-order valence-corrected chi connectivity index (χ4v) is 2.71. The zero-order valence-electron chi connectivity index (χ0n) is 14.6. The van der Waals surface area contributed by atoms with Crippen LogP contribution in [0.5, 0.6) is 0 Å². The summed E-state index contributed by atoms with van der Waals surface area (Å²) < 4.78 is 0. The van der Waals surface area contributed by atoms with Gasteiger partial charge in [-0.2, -0.15) is 4.98 Å². The van der Waals surface area contributed by atoms with Crippen LogP contribution in [-0.2, 0) is 6.54 Å². The van der Waals surface area contributed by atoms with Gasteiger partial charge in [-0.1, -0.05) is 47.5 Å². The number of nitrogens with zero attached hydrogens (tertiary/aromatic N) is 2. The standard InChI is InChI=1S/C20H21ClN4/c1-13-5-4-6-16(9-13)12-22-19-10-15(3)23-20(25-19)24-17-8-7-14(2)18(21)11-17/h4-11H,12H2,1-3H3,(H2,22,23,24,25). The molecular formula is C20H21ClN4. The van der Waals surface area contributed by atoms with Gasteiger partial charge in [0.15, 0.2) is 0 Å². The molecule has 0 fully saturated rings. The Bertz CT molecular complexity index is 893. The van der Waals surface area contributed by atoms with Crippen molar-refractivity contribution < 1.29 is 0 Å². The third-order valence-electron chi connectivity index (χ3n) is 3.84. The molecule has 0 bridgehead atoms. The van der Waals surface area contributed by atoms with E-state index in [-0.39, 0.29) is 0 Å². The highest BCUT2D eigenvalue weighted by atomic mass is 35.5. The lowest BCUT2D eigenvalue weighted by molar-refractivity contribution is 1.06. The Balaban J connectivity index is 1.74. The quantitative estimate of drug-likeness (QED) is 0.644. The molecule has 2 N–H and O–H groups in total. The van der Waals surface area contributed by atoms with Crippen LogP contribution in [0.15, 0.2) is 48.5 Å². The number of nitrogens with one attached hydrogen (secondary N) is 2. The van der Waals surface area contributed by atoms with Crippen molar-refractivity contribution in [3.63, 3.8) is 0 Å². The summed E-state index contributed by atoms with van der Waals surface area (Å²) >= 11 is 6.18. The molecule has 1 heterocycles. The van der Waals surface area contributed by atoms with Crippen LogP contribution in [-0.4, -0.2) is 9.97 Å². The summed E-state index contributed by atoms with van der Waals surface area (Å²) in [5.41, 5.74) is 5.26. The van der Waals surface area contributed by atoms with E-state index in [2.05, 4.69) is 51.8 Å².